The molecule has 0 aromatic carbocycles. The van der Waals surface area contributed by atoms with E-state index in [9.17, 15) is 9.59 Å². The summed E-state index contributed by atoms with van der Waals surface area (Å²) in [5.74, 6) is 0.810. The van der Waals surface area contributed by atoms with Gasteiger partial charge < -0.3 is 0 Å². The minimum absolute atomic E-state index is 0.0224. The zero-order valence-corrected chi connectivity index (χ0v) is 7.02. The van der Waals surface area contributed by atoms with Crippen LogP contribution < -0.4 is 0 Å². The summed E-state index contributed by atoms with van der Waals surface area (Å²) >= 11 is 1.33. The number of thioether (sulfide) groups is 1. The number of carbonyl (C=O) groups excluding carboxylic acids is 2. The van der Waals surface area contributed by atoms with Crippen molar-refractivity contribution in [2.75, 3.05) is 5.75 Å². The third-order valence-electron chi connectivity index (χ3n) is 1.72. The largest absolute Gasteiger partial charge is 0.295 e. The molecule has 0 amide bonds. The van der Waals surface area contributed by atoms with Gasteiger partial charge in [0.15, 0.2) is 10.9 Å². The molecule has 1 saturated heterocycles. The van der Waals surface area contributed by atoms with E-state index in [1.807, 2.05) is 0 Å². The molecule has 1 heterocycles. The predicted octanol–water partition coefficient (Wildman–Crippen LogP) is 1.41. The Bertz CT molecular complexity index is 198. The van der Waals surface area contributed by atoms with Gasteiger partial charge in [0.2, 0.25) is 0 Å². The second-order valence-corrected chi connectivity index (χ2v) is 3.63. The van der Waals surface area contributed by atoms with Crippen LogP contribution in [0.3, 0.4) is 0 Å². The third kappa shape index (κ3) is 2.19. The third-order valence-corrected chi connectivity index (χ3v) is 2.78. The summed E-state index contributed by atoms with van der Waals surface area (Å²) in [5, 5.41) is 0.167. The van der Waals surface area contributed by atoms with E-state index in [2.05, 4.69) is 6.58 Å². The Labute approximate surface area is 70.0 Å². The van der Waals surface area contributed by atoms with Gasteiger partial charge in [-0.15, -0.1) is 0 Å². The van der Waals surface area contributed by atoms with Crippen molar-refractivity contribution in [2.45, 2.75) is 12.8 Å². The molecular weight excluding hydrogens is 160 g/mol. The SMILES string of the molecule is C=CC(=O)CC1CCSC1=O. The molecule has 60 valence electrons. The van der Waals surface area contributed by atoms with E-state index >= 15 is 0 Å². The van der Waals surface area contributed by atoms with Crippen molar-refractivity contribution in [3.63, 3.8) is 0 Å². The van der Waals surface area contributed by atoms with Crippen LogP contribution in [0.1, 0.15) is 12.8 Å². The van der Waals surface area contributed by atoms with Crippen LogP contribution in [-0.2, 0) is 9.59 Å². The zero-order chi connectivity index (χ0) is 8.27. The molecule has 0 aromatic heterocycles. The fourth-order valence-corrected chi connectivity index (χ4v) is 2.09. The molecule has 1 fully saturated rings. The lowest BCUT2D eigenvalue weighted by Gasteiger charge is -2.01. The standard InChI is InChI=1S/C8H10O2S/c1-2-7(9)5-6-3-4-11-8(6)10/h2,6H,1,3-5H2. The van der Waals surface area contributed by atoms with Crippen molar-refractivity contribution in [2.24, 2.45) is 5.92 Å². The van der Waals surface area contributed by atoms with Crippen molar-refractivity contribution >= 4 is 22.7 Å². The topological polar surface area (TPSA) is 34.1 Å². The molecule has 11 heavy (non-hydrogen) atoms. The molecule has 0 aliphatic carbocycles. The first-order valence-electron chi connectivity index (χ1n) is 3.56. The fourth-order valence-electron chi connectivity index (χ4n) is 1.05. The number of hydrogen-bond donors (Lipinski definition) is 0. The van der Waals surface area contributed by atoms with Gasteiger partial charge in [0.05, 0.1) is 0 Å². The average Bonchev–Trinajstić information content (AvgIpc) is 2.37. The van der Waals surface area contributed by atoms with Crippen LogP contribution in [0.2, 0.25) is 0 Å². The number of allylic oxidation sites excluding steroid dienone is 1. The first-order valence-corrected chi connectivity index (χ1v) is 4.54. The first-order chi connectivity index (χ1) is 5.24. The van der Waals surface area contributed by atoms with E-state index < -0.39 is 0 Å². The molecule has 0 radical (unpaired) electrons. The lowest BCUT2D eigenvalue weighted by Crippen LogP contribution is -2.09. The minimum Gasteiger partial charge on any atom is -0.295 e. The van der Waals surface area contributed by atoms with Crippen molar-refractivity contribution in [1.29, 1.82) is 0 Å². The smallest absolute Gasteiger partial charge is 0.192 e. The molecule has 0 bridgehead atoms. The van der Waals surface area contributed by atoms with Gasteiger partial charge in [-0.1, -0.05) is 18.3 Å². The summed E-state index contributed by atoms with van der Waals surface area (Å²) in [7, 11) is 0. The van der Waals surface area contributed by atoms with Crippen LogP contribution in [0.25, 0.3) is 0 Å². The quantitative estimate of drug-likeness (QED) is 0.600. The summed E-state index contributed by atoms with van der Waals surface area (Å²) in [6.07, 6.45) is 2.49. The molecule has 1 aliphatic rings. The molecule has 1 unspecified atom stereocenters. The summed E-state index contributed by atoms with van der Waals surface area (Å²) in [5.41, 5.74) is 0. The summed E-state index contributed by atoms with van der Waals surface area (Å²) in [6, 6.07) is 0. The molecule has 2 nitrogen and oxygen atoms in total. The van der Waals surface area contributed by atoms with E-state index in [0.29, 0.717) is 6.42 Å². The van der Waals surface area contributed by atoms with Gasteiger partial charge in [0.1, 0.15) is 0 Å². The molecule has 0 N–H and O–H groups in total. The van der Waals surface area contributed by atoms with Gasteiger partial charge in [-0.05, 0) is 12.5 Å². The van der Waals surface area contributed by atoms with Crippen LogP contribution >= 0.6 is 11.8 Å². The van der Waals surface area contributed by atoms with Crippen LogP contribution in [0.5, 0.6) is 0 Å². The number of rotatable bonds is 3. The maximum Gasteiger partial charge on any atom is 0.192 e. The van der Waals surface area contributed by atoms with E-state index in [1.54, 1.807) is 0 Å². The fraction of sp³-hybridized carbons (Fsp3) is 0.500. The predicted molar refractivity (Wildman–Crippen MR) is 45.4 cm³/mol. The molecule has 0 aromatic rings. The van der Waals surface area contributed by atoms with E-state index in [4.69, 9.17) is 0 Å². The van der Waals surface area contributed by atoms with E-state index in [1.165, 1.54) is 17.8 Å². The van der Waals surface area contributed by atoms with Crippen LogP contribution in [0.15, 0.2) is 12.7 Å². The Morgan fingerprint density at radius 2 is 2.55 bits per heavy atom. The molecule has 3 heteroatoms. The molecule has 0 spiro atoms. The molecule has 1 aliphatic heterocycles. The Hall–Kier alpha value is -0.570. The van der Waals surface area contributed by atoms with E-state index in [-0.39, 0.29) is 16.8 Å². The van der Waals surface area contributed by atoms with Crippen molar-refractivity contribution in [3.8, 4) is 0 Å². The molecule has 0 saturated carbocycles. The van der Waals surface area contributed by atoms with Gasteiger partial charge in [0, 0.05) is 18.1 Å². The summed E-state index contributed by atoms with van der Waals surface area (Å²) in [6.45, 7) is 3.36. The van der Waals surface area contributed by atoms with Gasteiger partial charge in [-0.25, -0.2) is 0 Å². The highest BCUT2D eigenvalue weighted by atomic mass is 32.2. The number of hydrogen-bond acceptors (Lipinski definition) is 3. The van der Waals surface area contributed by atoms with Crippen molar-refractivity contribution < 1.29 is 9.59 Å². The van der Waals surface area contributed by atoms with Gasteiger partial charge in [0.25, 0.3) is 0 Å². The van der Waals surface area contributed by atoms with Crippen molar-refractivity contribution in [1.82, 2.24) is 0 Å². The summed E-state index contributed by atoms with van der Waals surface area (Å²) < 4.78 is 0. The Kier molecular flexibility index (Phi) is 2.88. The first kappa shape index (κ1) is 8.53. The van der Waals surface area contributed by atoms with Gasteiger partial charge >= 0.3 is 0 Å². The van der Waals surface area contributed by atoms with E-state index in [0.717, 1.165) is 12.2 Å². The second kappa shape index (κ2) is 3.72. The highest BCUT2D eigenvalue weighted by molar-refractivity contribution is 8.14. The monoisotopic (exact) mass is 170 g/mol. The van der Waals surface area contributed by atoms with Crippen LogP contribution in [0, 0.1) is 5.92 Å². The Morgan fingerprint density at radius 3 is 3.00 bits per heavy atom. The Balaban J connectivity index is 2.42. The van der Waals surface area contributed by atoms with Crippen LogP contribution in [-0.4, -0.2) is 16.7 Å². The highest BCUT2D eigenvalue weighted by Crippen LogP contribution is 2.28. The Morgan fingerprint density at radius 1 is 1.82 bits per heavy atom. The maximum atomic E-state index is 11.0. The second-order valence-electron chi connectivity index (χ2n) is 2.53. The average molecular weight is 170 g/mol. The van der Waals surface area contributed by atoms with Crippen molar-refractivity contribution in [3.05, 3.63) is 12.7 Å². The summed E-state index contributed by atoms with van der Waals surface area (Å²) in [4.78, 5) is 21.8. The lowest BCUT2D eigenvalue weighted by molar-refractivity contribution is -0.120. The van der Waals surface area contributed by atoms with Crippen LogP contribution in [0.4, 0.5) is 0 Å². The maximum absolute atomic E-state index is 11.0. The lowest BCUT2D eigenvalue weighted by atomic mass is 10.0. The number of ketones is 1. The molecule has 1 atom stereocenters. The number of carbonyl (C=O) groups is 2. The highest BCUT2D eigenvalue weighted by Gasteiger charge is 2.26. The molecule has 1 rings (SSSR count). The normalized spacial score (nSPS) is 23.6. The molecular formula is C8H10O2S. The zero-order valence-electron chi connectivity index (χ0n) is 6.21. The van der Waals surface area contributed by atoms with Gasteiger partial charge in [-0.3, -0.25) is 9.59 Å². The minimum atomic E-state index is -0.0366. The van der Waals surface area contributed by atoms with Gasteiger partial charge in [-0.2, -0.15) is 0 Å².